The molecule has 0 aromatic carbocycles. The molecule has 0 N–H and O–H groups in total. The number of ketones is 2. The van der Waals surface area contributed by atoms with Crippen LogP contribution in [0.4, 0.5) is 0 Å². The Kier molecular flexibility index (Phi) is 4.74. The normalized spacial score (nSPS) is 46.7. The van der Waals surface area contributed by atoms with E-state index in [4.69, 9.17) is 18.9 Å². The van der Waals surface area contributed by atoms with Gasteiger partial charge in [0.15, 0.2) is 17.8 Å². The zero-order chi connectivity index (χ0) is 21.3. The summed E-state index contributed by atoms with van der Waals surface area (Å²) in [6.45, 7) is 8.14. The Morgan fingerprint density at radius 3 is 2.38 bits per heavy atom. The van der Waals surface area contributed by atoms with Gasteiger partial charge >= 0.3 is 0 Å². The molecule has 3 aliphatic carbocycles. The van der Waals surface area contributed by atoms with E-state index in [0.717, 1.165) is 5.57 Å². The minimum absolute atomic E-state index is 0.0197. The summed E-state index contributed by atoms with van der Waals surface area (Å²) < 4.78 is 23.0. The van der Waals surface area contributed by atoms with E-state index in [9.17, 15) is 9.59 Å². The van der Waals surface area contributed by atoms with Crippen LogP contribution in [0.25, 0.3) is 0 Å². The van der Waals surface area contributed by atoms with Crippen LogP contribution in [0.5, 0.6) is 0 Å². The highest BCUT2D eigenvalue weighted by molar-refractivity contribution is 6.07. The van der Waals surface area contributed by atoms with Crippen LogP contribution in [0.15, 0.2) is 23.2 Å². The summed E-state index contributed by atoms with van der Waals surface area (Å²) in [5, 5.41) is 0. The van der Waals surface area contributed by atoms with Crippen LogP contribution in [0, 0.1) is 34.5 Å². The number of carbonyl (C=O) groups excluding carboxylic acids is 2. The maximum atomic E-state index is 13.8. The molecule has 4 aliphatic rings. The fourth-order valence-corrected chi connectivity index (χ4v) is 7.10. The van der Waals surface area contributed by atoms with Crippen molar-refractivity contribution in [2.24, 2.45) is 34.5 Å². The Bertz CT molecular complexity index is 812. The highest BCUT2D eigenvalue weighted by Gasteiger charge is 2.71. The van der Waals surface area contributed by atoms with Gasteiger partial charge in [0.05, 0.1) is 20.3 Å². The summed E-state index contributed by atoms with van der Waals surface area (Å²) in [5.74, 6) is 0.169. The quantitative estimate of drug-likeness (QED) is 0.719. The molecule has 8 atom stereocenters. The zero-order valence-corrected chi connectivity index (χ0v) is 18.4. The molecular formula is C23H32O6. The average Bonchev–Trinajstić information content (AvgIpc) is 2.68. The van der Waals surface area contributed by atoms with Crippen molar-refractivity contribution in [3.63, 3.8) is 0 Å². The van der Waals surface area contributed by atoms with Gasteiger partial charge in [0.25, 0.3) is 0 Å². The number of Topliss-reactive ketones (excluding diaryl/α,β-unsaturated/α-hetero) is 2. The molecule has 0 radical (unpaired) electrons. The molecule has 160 valence electrons. The molecule has 2 fully saturated rings. The lowest BCUT2D eigenvalue weighted by Gasteiger charge is -2.65. The van der Waals surface area contributed by atoms with Gasteiger partial charge in [-0.05, 0) is 42.7 Å². The standard InChI is InChI=1S/C23H32O6/c1-11-8-15(26-5)21(25)23(4)13(11)9-16-22(3)14(10-17(27-6)29-16)12(2)19(28-7)18(24)20(22)23/h8,11,13-14,16-17,20H,9-10H2,1-7H3. The summed E-state index contributed by atoms with van der Waals surface area (Å²) in [7, 11) is 4.72. The number of fused-ring (bicyclic) bond motifs is 2. The van der Waals surface area contributed by atoms with Crippen molar-refractivity contribution in [2.75, 3.05) is 21.3 Å². The SMILES string of the molecule is COC1=CC(C)C2CC3OC(OC)CC4C(C)=C(OC)C(=O)C(C2(C)C1=O)C34C. The summed E-state index contributed by atoms with van der Waals surface area (Å²) in [6, 6.07) is 0. The Morgan fingerprint density at radius 1 is 1.10 bits per heavy atom. The largest absolute Gasteiger partial charge is 0.493 e. The molecule has 0 aromatic heterocycles. The molecule has 0 bridgehead atoms. The molecule has 6 nitrogen and oxygen atoms in total. The van der Waals surface area contributed by atoms with Gasteiger partial charge < -0.3 is 18.9 Å². The second-order valence-corrected chi connectivity index (χ2v) is 9.51. The minimum Gasteiger partial charge on any atom is -0.493 e. The van der Waals surface area contributed by atoms with Gasteiger partial charge in [0.2, 0.25) is 11.6 Å². The first-order chi connectivity index (χ1) is 13.7. The smallest absolute Gasteiger partial charge is 0.203 e. The van der Waals surface area contributed by atoms with Gasteiger partial charge in [0, 0.05) is 30.3 Å². The monoisotopic (exact) mass is 404 g/mol. The third-order valence-corrected chi connectivity index (χ3v) is 8.46. The van der Waals surface area contributed by atoms with E-state index in [1.807, 2.05) is 19.9 Å². The molecule has 29 heavy (non-hydrogen) atoms. The molecule has 6 heteroatoms. The van der Waals surface area contributed by atoms with Gasteiger partial charge in [-0.15, -0.1) is 0 Å². The zero-order valence-electron chi connectivity index (χ0n) is 18.4. The molecule has 0 aromatic rings. The summed E-state index contributed by atoms with van der Waals surface area (Å²) in [6.07, 6.45) is 2.76. The lowest BCUT2D eigenvalue weighted by Crippen LogP contribution is -2.69. The van der Waals surface area contributed by atoms with Crippen molar-refractivity contribution in [3.8, 4) is 0 Å². The Balaban J connectivity index is 1.96. The van der Waals surface area contributed by atoms with Crippen LogP contribution in [0.2, 0.25) is 0 Å². The molecule has 1 aliphatic heterocycles. The second-order valence-electron chi connectivity index (χ2n) is 9.51. The predicted octanol–water partition coefficient (Wildman–Crippen LogP) is 3.26. The van der Waals surface area contributed by atoms with Crippen LogP contribution < -0.4 is 0 Å². The van der Waals surface area contributed by atoms with Crippen LogP contribution in [-0.4, -0.2) is 45.3 Å². The van der Waals surface area contributed by atoms with Crippen molar-refractivity contribution in [3.05, 3.63) is 23.2 Å². The lowest BCUT2D eigenvalue weighted by atomic mass is 9.40. The highest BCUT2D eigenvalue weighted by atomic mass is 16.7. The van der Waals surface area contributed by atoms with E-state index in [1.54, 1.807) is 14.2 Å². The van der Waals surface area contributed by atoms with Crippen molar-refractivity contribution in [1.82, 2.24) is 0 Å². The Hall–Kier alpha value is -1.66. The molecule has 8 unspecified atom stereocenters. The van der Waals surface area contributed by atoms with Gasteiger partial charge in [-0.25, -0.2) is 0 Å². The number of hydrogen-bond acceptors (Lipinski definition) is 6. The summed E-state index contributed by atoms with van der Waals surface area (Å²) in [5.41, 5.74) is -0.435. The fraction of sp³-hybridized carbons (Fsp3) is 0.739. The van der Waals surface area contributed by atoms with Gasteiger partial charge in [-0.1, -0.05) is 20.8 Å². The molecule has 0 spiro atoms. The van der Waals surface area contributed by atoms with Crippen molar-refractivity contribution >= 4 is 11.6 Å². The first-order valence-corrected chi connectivity index (χ1v) is 10.4. The topological polar surface area (TPSA) is 71.1 Å². The number of hydrogen-bond donors (Lipinski definition) is 0. The lowest BCUT2D eigenvalue weighted by molar-refractivity contribution is -0.279. The third kappa shape index (κ3) is 2.42. The molecule has 0 amide bonds. The number of methoxy groups -OCH3 is 3. The van der Waals surface area contributed by atoms with Crippen LogP contribution in [0.1, 0.15) is 40.5 Å². The van der Waals surface area contributed by atoms with E-state index < -0.39 is 16.7 Å². The van der Waals surface area contributed by atoms with E-state index in [2.05, 4.69) is 13.8 Å². The first-order valence-electron chi connectivity index (χ1n) is 10.4. The second kappa shape index (κ2) is 6.67. The van der Waals surface area contributed by atoms with E-state index in [1.165, 1.54) is 7.11 Å². The average molecular weight is 405 g/mol. The first kappa shape index (κ1) is 20.6. The molecule has 1 saturated heterocycles. The molecule has 1 saturated carbocycles. The van der Waals surface area contributed by atoms with E-state index >= 15 is 0 Å². The van der Waals surface area contributed by atoms with Gasteiger partial charge in [-0.2, -0.15) is 0 Å². The third-order valence-electron chi connectivity index (χ3n) is 8.46. The van der Waals surface area contributed by atoms with E-state index in [0.29, 0.717) is 24.4 Å². The maximum absolute atomic E-state index is 13.8. The molecule has 4 rings (SSSR count). The minimum atomic E-state index is -0.867. The van der Waals surface area contributed by atoms with Crippen molar-refractivity contribution in [2.45, 2.75) is 52.9 Å². The Morgan fingerprint density at radius 2 is 1.79 bits per heavy atom. The van der Waals surface area contributed by atoms with Gasteiger partial charge in [-0.3, -0.25) is 9.59 Å². The number of rotatable bonds is 3. The maximum Gasteiger partial charge on any atom is 0.203 e. The number of carbonyl (C=O) groups is 2. The predicted molar refractivity (Wildman–Crippen MR) is 106 cm³/mol. The van der Waals surface area contributed by atoms with Gasteiger partial charge in [0.1, 0.15) is 0 Å². The van der Waals surface area contributed by atoms with Crippen molar-refractivity contribution < 1.29 is 28.5 Å². The number of allylic oxidation sites excluding steroid dienone is 4. The highest BCUT2D eigenvalue weighted by Crippen LogP contribution is 2.67. The number of ether oxygens (including phenoxy) is 4. The fourth-order valence-electron chi connectivity index (χ4n) is 7.10. The molecular weight excluding hydrogens is 372 g/mol. The van der Waals surface area contributed by atoms with Crippen LogP contribution in [-0.2, 0) is 28.5 Å². The van der Waals surface area contributed by atoms with Crippen molar-refractivity contribution in [1.29, 1.82) is 0 Å². The van der Waals surface area contributed by atoms with E-state index in [-0.39, 0.29) is 41.7 Å². The Labute approximate surface area is 172 Å². The summed E-state index contributed by atoms with van der Waals surface area (Å²) >= 11 is 0. The van der Waals surface area contributed by atoms with Crippen LogP contribution in [0.3, 0.4) is 0 Å². The van der Waals surface area contributed by atoms with Crippen LogP contribution >= 0.6 is 0 Å². The summed E-state index contributed by atoms with van der Waals surface area (Å²) in [4.78, 5) is 27.5. The molecule has 1 heterocycles.